The van der Waals surface area contributed by atoms with Gasteiger partial charge in [-0.3, -0.25) is 0 Å². The molecule has 0 bridgehead atoms. The summed E-state index contributed by atoms with van der Waals surface area (Å²) in [6.07, 6.45) is 9.34. The number of rotatable bonds is 2. The van der Waals surface area contributed by atoms with Crippen LogP contribution in [0.2, 0.25) is 0 Å². The summed E-state index contributed by atoms with van der Waals surface area (Å²) >= 11 is 2.21. The van der Waals surface area contributed by atoms with Gasteiger partial charge in [-0.2, -0.15) is 0 Å². The smallest absolute Gasteiger partial charge is 0.0483 e. The first kappa shape index (κ1) is 9.57. The predicted octanol–water partition coefficient (Wildman–Crippen LogP) is 2.19. The molecule has 0 aliphatic carbocycles. The van der Waals surface area contributed by atoms with Gasteiger partial charge in [0.15, 0.2) is 0 Å². The van der Waals surface area contributed by atoms with Crippen molar-refractivity contribution in [3.63, 3.8) is 0 Å². The zero-order valence-electron chi connectivity index (χ0n) is 5.89. The van der Waals surface area contributed by atoms with Crippen molar-refractivity contribution >= 4 is 22.6 Å². The van der Waals surface area contributed by atoms with Crippen LogP contribution in [-0.2, 0) is 0 Å². The van der Waals surface area contributed by atoms with E-state index in [1.165, 1.54) is 3.58 Å². The van der Waals surface area contributed by atoms with E-state index < -0.39 is 0 Å². The maximum Gasteiger partial charge on any atom is 0.0483 e. The highest BCUT2D eigenvalue weighted by molar-refractivity contribution is 14.1. The second-order valence-corrected chi connectivity index (χ2v) is 3.58. The normalized spacial score (nSPS) is 12.9. The molecule has 0 saturated heterocycles. The van der Waals surface area contributed by atoms with Gasteiger partial charge in [0.05, 0.1) is 0 Å². The van der Waals surface area contributed by atoms with Crippen LogP contribution in [0.3, 0.4) is 0 Å². The van der Waals surface area contributed by atoms with Crippen LogP contribution in [0.1, 0.15) is 13.3 Å². The van der Waals surface area contributed by atoms with E-state index in [1.807, 2.05) is 19.1 Å². The SMILES string of the molecule is C#CC/C(N)=C\C=C(/C)I. The second-order valence-electron chi connectivity index (χ2n) is 1.88. The molecular formula is C8H10IN. The number of halogens is 1. The molecule has 1 nitrogen and oxygen atoms in total. The molecule has 0 radical (unpaired) electrons. The molecule has 2 N–H and O–H groups in total. The third-order valence-corrected chi connectivity index (χ3v) is 1.19. The van der Waals surface area contributed by atoms with Crippen molar-refractivity contribution in [3.8, 4) is 12.3 Å². The standard InChI is InChI=1S/C8H10IN/c1-3-4-8(10)6-5-7(2)9/h1,5-6H,4,10H2,2H3/b7-5+,8-6+. The van der Waals surface area contributed by atoms with Crippen LogP contribution in [0, 0.1) is 12.3 Å². The summed E-state index contributed by atoms with van der Waals surface area (Å²) in [5.41, 5.74) is 6.24. The topological polar surface area (TPSA) is 26.0 Å². The van der Waals surface area contributed by atoms with Gasteiger partial charge in [-0.25, -0.2) is 0 Å². The van der Waals surface area contributed by atoms with E-state index in [0.29, 0.717) is 6.42 Å². The van der Waals surface area contributed by atoms with E-state index >= 15 is 0 Å². The second kappa shape index (κ2) is 5.36. The first-order valence-corrected chi connectivity index (χ1v) is 3.96. The Bertz CT molecular complexity index is 192. The maximum atomic E-state index is 5.50. The molecule has 0 rings (SSSR count). The van der Waals surface area contributed by atoms with Crippen LogP contribution in [-0.4, -0.2) is 0 Å². The van der Waals surface area contributed by atoms with E-state index in [1.54, 1.807) is 0 Å². The number of hydrogen-bond acceptors (Lipinski definition) is 1. The molecule has 0 aliphatic heterocycles. The molecule has 0 aromatic heterocycles. The van der Waals surface area contributed by atoms with Crippen molar-refractivity contribution in [2.24, 2.45) is 5.73 Å². The summed E-state index contributed by atoms with van der Waals surface area (Å²) in [5.74, 6) is 2.47. The molecule has 0 unspecified atom stereocenters. The van der Waals surface area contributed by atoms with E-state index in [4.69, 9.17) is 12.2 Å². The molecule has 0 atom stereocenters. The Morgan fingerprint density at radius 2 is 2.30 bits per heavy atom. The number of hydrogen-bond donors (Lipinski definition) is 1. The first-order chi connectivity index (χ1) is 4.66. The van der Waals surface area contributed by atoms with Gasteiger partial charge in [0.2, 0.25) is 0 Å². The van der Waals surface area contributed by atoms with Crippen molar-refractivity contribution in [3.05, 3.63) is 21.4 Å². The lowest BCUT2D eigenvalue weighted by molar-refractivity contribution is 1.20. The summed E-state index contributed by atoms with van der Waals surface area (Å²) in [7, 11) is 0. The molecule has 0 aromatic rings. The monoisotopic (exact) mass is 247 g/mol. The Balaban J connectivity index is 3.95. The number of nitrogens with two attached hydrogens (primary N) is 1. The number of allylic oxidation sites excluding steroid dienone is 4. The predicted molar refractivity (Wildman–Crippen MR) is 53.5 cm³/mol. The molecule has 0 saturated carbocycles. The fraction of sp³-hybridized carbons (Fsp3) is 0.250. The highest BCUT2D eigenvalue weighted by Gasteiger charge is 1.82. The minimum atomic E-state index is 0.528. The van der Waals surface area contributed by atoms with Crippen molar-refractivity contribution in [2.45, 2.75) is 13.3 Å². The summed E-state index contributed by atoms with van der Waals surface area (Å²) in [6, 6.07) is 0. The third kappa shape index (κ3) is 5.70. The molecule has 0 aromatic carbocycles. The lowest BCUT2D eigenvalue weighted by atomic mass is 10.3. The minimum absolute atomic E-state index is 0.528. The van der Waals surface area contributed by atoms with Crippen LogP contribution in [0.15, 0.2) is 21.4 Å². The van der Waals surface area contributed by atoms with Gasteiger partial charge in [0, 0.05) is 12.1 Å². The molecule has 0 fully saturated rings. The quantitative estimate of drug-likeness (QED) is 0.451. The first-order valence-electron chi connectivity index (χ1n) is 2.88. The Hall–Kier alpha value is -0.430. The Morgan fingerprint density at radius 3 is 2.70 bits per heavy atom. The van der Waals surface area contributed by atoms with Gasteiger partial charge in [-0.05, 0) is 39.2 Å². The molecule has 0 aliphatic rings. The van der Waals surface area contributed by atoms with Gasteiger partial charge >= 0.3 is 0 Å². The zero-order chi connectivity index (χ0) is 7.98. The minimum Gasteiger partial charge on any atom is -0.401 e. The van der Waals surface area contributed by atoms with Gasteiger partial charge in [-0.15, -0.1) is 12.3 Å². The summed E-state index contributed by atoms with van der Waals surface area (Å²) in [4.78, 5) is 0. The van der Waals surface area contributed by atoms with Crippen LogP contribution in [0.5, 0.6) is 0 Å². The molecule has 0 heterocycles. The fourth-order valence-electron chi connectivity index (χ4n) is 0.399. The Morgan fingerprint density at radius 1 is 1.70 bits per heavy atom. The van der Waals surface area contributed by atoms with E-state index in [2.05, 4.69) is 28.5 Å². The highest BCUT2D eigenvalue weighted by Crippen LogP contribution is 2.03. The fourth-order valence-corrected chi connectivity index (χ4v) is 0.578. The van der Waals surface area contributed by atoms with Crippen LogP contribution >= 0.6 is 22.6 Å². The molecule has 2 heteroatoms. The zero-order valence-corrected chi connectivity index (χ0v) is 8.05. The van der Waals surface area contributed by atoms with Gasteiger partial charge in [-0.1, -0.05) is 6.08 Å². The largest absolute Gasteiger partial charge is 0.401 e. The lowest BCUT2D eigenvalue weighted by Crippen LogP contribution is -1.93. The van der Waals surface area contributed by atoms with Crippen molar-refractivity contribution < 1.29 is 0 Å². The lowest BCUT2D eigenvalue weighted by Gasteiger charge is -1.89. The molecule has 0 spiro atoms. The number of terminal acetylenes is 1. The van der Waals surface area contributed by atoms with E-state index in [-0.39, 0.29) is 0 Å². The molecule has 10 heavy (non-hydrogen) atoms. The third-order valence-electron chi connectivity index (χ3n) is 0.833. The molecule has 0 amide bonds. The van der Waals surface area contributed by atoms with Crippen molar-refractivity contribution in [1.82, 2.24) is 0 Å². The van der Waals surface area contributed by atoms with Gasteiger partial charge in [0.1, 0.15) is 0 Å². The highest BCUT2D eigenvalue weighted by atomic mass is 127. The van der Waals surface area contributed by atoms with Gasteiger partial charge in [0.25, 0.3) is 0 Å². The van der Waals surface area contributed by atoms with Crippen LogP contribution in [0.4, 0.5) is 0 Å². The van der Waals surface area contributed by atoms with E-state index in [9.17, 15) is 0 Å². The van der Waals surface area contributed by atoms with Crippen molar-refractivity contribution in [1.29, 1.82) is 0 Å². The van der Waals surface area contributed by atoms with Gasteiger partial charge < -0.3 is 5.73 Å². The van der Waals surface area contributed by atoms with E-state index in [0.717, 1.165) is 5.70 Å². The summed E-state index contributed by atoms with van der Waals surface area (Å²) in [5, 5.41) is 0. The van der Waals surface area contributed by atoms with Crippen molar-refractivity contribution in [2.75, 3.05) is 0 Å². The van der Waals surface area contributed by atoms with Crippen LogP contribution < -0.4 is 5.73 Å². The summed E-state index contributed by atoms with van der Waals surface area (Å²) in [6.45, 7) is 2.00. The average Bonchev–Trinajstić information content (AvgIpc) is 1.85. The molecule has 54 valence electrons. The Labute approximate surface area is 75.5 Å². The Kier molecular flexibility index (Phi) is 5.13. The average molecular weight is 247 g/mol. The maximum absolute atomic E-state index is 5.50. The molecular weight excluding hydrogens is 237 g/mol. The van der Waals surface area contributed by atoms with Crippen LogP contribution in [0.25, 0.3) is 0 Å². The summed E-state index contributed by atoms with van der Waals surface area (Å²) < 4.78 is 1.19.